The van der Waals surface area contributed by atoms with Crippen LogP contribution in [0.25, 0.3) is 0 Å². The lowest BCUT2D eigenvalue weighted by atomic mass is 10.1. The fourth-order valence-corrected chi connectivity index (χ4v) is 2.80. The van der Waals surface area contributed by atoms with Crippen LogP contribution in [0.2, 0.25) is 0 Å². The molecule has 92 valence electrons. The SMILES string of the molecule is Cc1ccc(C)c(CNC(=O)C2CSCN2)c1. The van der Waals surface area contributed by atoms with Gasteiger partial charge in [0.25, 0.3) is 0 Å². The molecule has 4 heteroatoms. The van der Waals surface area contributed by atoms with Crippen molar-refractivity contribution in [2.24, 2.45) is 0 Å². The van der Waals surface area contributed by atoms with Crippen molar-refractivity contribution in [1.82, 2.24) is 10.6 Å². The number of hydrogen-bond acceptors (Lipinski definition) is 3. The van der Waals surface area contributed by atoms with Crippen LogP contribution >= 0.6 is 11.8 Å². The molecule has 1 amide bonds. The highest BCUT2D eigenvalue weighted by molar-refractivity contribution is 7.99. The fraction of sp³-hybridized carbons (Fsp3) is 0.462. The molecule has 1 aliphatic rings. The Morgan fingerprint density at radius 2 is 2.35 bits per heavy atom. The molecule has 0 radical (unpaired) electrons. The maximum Gasteiger partial charge on any atom is 0.238 e. The maximum atomic E-state index is 11.8. The van der Waals surface area contributed by atoms with Gasteiger partial charge in [-0.2, -0.15) is 0 Å². The van der Waals surface area contributed by atoms with E-state index in [1.807, 2.05) is 0 Å². The summed E-state index contributed by atoms with van der Waals surface area (Å²) in [4.78, 5) is 11.8. The molecule has 0 aromatic heterocycles. The van der Waals surface area contributed by atoms with Crippen molar-refractivity contribution in [1.29, 1.82) is 0 Å². The Balaban J connectivity index is 1.92. The average Bonchev–Trinajstić information content (AvgIpc) is 2.83. The second-order valence-electron chi connectivity index (χ2n) is 4.42. The first-order valence-corrected chi connectivity index (χ1v) is 6.97. The molecule has 1 aromatic rings. The molecule has 1 unspecified atom stereocenters. The molecule has 0 aliphatic carbocycles. The second kappa shape index (κ2) is 5.56. The Morgan fingerprint density at radius 1 is 1.53 bits per heavy atom. The van der Waals surface area contributed by atoms with Crippen LogP contribution in [0.1, 0.15) is 16.7 Å². The average molecular weight is 250 g/mol. The fourth-order valence-electron chi connectivity index (χ4n) is 1.86. The van der Waals surface area contributed by atoms with Crippen molar-refractivity contribution >= 4 is 17.7 Å². The van der Waals surface area contributed by atoms with Gasteiger partial charge in [-0.15, -0.1) is 11.8 Å². The van der Waals surface area contributed by atoms with Crippen molar-refractivity contribution in [2.75, 3.05) is 11.6 Å². The third-order valence-corrected chi connectivity index (χ3v) is 3.93. The van der Waals surface area contributed by atoms with Crippen LogP contribution in [-0.2, 0) is 11.3 Å². The van der Waals surface area contributed by atoms with E-state index in [4.69, 9.17) is 0 Å². The zero-order valence-corrected chi connectivity index (χ0v) is 11.1. The standard InChI is InChI=1S/C13H18N2OS/c1-9-3-4-10(2)11(5-9)6-14-13(16)12-7-17-8-15-12/h3-5,12,15H,6-8H2,1-2H3,(H,14,16). The summed E-state index contributed by atoms with van der Waals surface area (Å²) in [7, 11) is 0. The third-order valence-electron chi connectivity index (χ3n) is 2.99. The van der Waals surface area contributed by atoms with Crippen LogP contribution in [0.15, 0.2) is 18.2 Å². The first-order chi connectivity index (χ1) is 8.16. The molecular weight excluding hydrogens is 232 g/mol. The molecule has 1 fully saturated rings. The van der Waals surface area contributed by atoms with Gasteiger partial charge in [0.2, 0.25) is 5.91 Å². The summed E-state index contributed by atoms with van der Waals surface area (Å²) in [6, 6.07) is 6.30. The van der Waals surface area contributed by atoms with E-state index < -0.39 is 0 Å². The summed E-state index contributed by atoms with van der Waals surface area (Å²) < 4.78 is 0. The smallest absolute Gasteiger partial charge is 0.238 e. The Hall–Kier alpha value is -1.00. The van der Waals surface area contributed by atoms with Gasteiger partial charge < -0.3 is 5.32 Å². The Labute approximate surface area is 106 Å². The minimum atomic E-state index is -0.0230. The molecule has 17 heavy (non-hydrogen) atoms. The molecule has 1 saturated heterocycles. The van der Waals surface area contributed by atoms with E-state index >= 15 is 0 Å². The van der Waals surface area contributed by atoms with Crippen LogP contribution in [-0.4, -0.2) is 23.6 Å². The van der Waals surface area contributed by atoms with Gasteiger partial charge in [-0.25, -0.2) is 0 Å². The minimum Gasteiger partial charge on any atom is -0.351 e. The predicted molar refractivity (Wildman–Crippen MR) is 72.0 cm³/mol. The molecule has 1 heterocycles. The highest BCUT2D eigenvalue weighted by Gasteiger charge is 2.21. The number of nitrogens with one attached hydrogen (secondary N) is 2. The van der Waals surface area contributed by atoms with Gasteiger partial charge in [-0.05, 0) is 25.0 Å². The molecular formula is C13H18N2OS. The molecule has 1 aromatic carbocycles. The first kappa shape index (κ1) is 12.5. The number of amides is 1. The third kappa shape index (κ3) is 3.23. The van der Waals surface area contributed by atoms with E-state index in [2.05, 4.69) is 42.7 Å². The van der Waals surface area contributed by atoms with E-state index in [1.165, 1.54) is 16.7 Å². The molecule has 2 rings (SSSR count). The zero-order valence-electron chi connectivity index (χ0n) is 10.2. The maximum absolute atomic E-state index is 11.8. The summed E-state index contributed by atoms with van der Waals surface area (Å²) in [6.45, 7) is 4.76. The van der Waals surface area contributed by atoms with Gasteiger partial charge in [0.15, 0.2) is 0 Å². The van der Waals surface area contributed by atoms with Gasteiger partial charge in [0, 0.05) is 18.2 Å². The summed E-state index contributed by atoms with van der Waals surface area (Å²) in [5, 5.41) is 6.16. The summed E-state index contributed by atoms with van der Waals surface area (Å²) >= 11 is 1.77. The van der Waals surface area contributed by atoms with Gasteiger partial charge in [-0.3, -0.25) is 10.1 Å². The molecule has 0 spiro atoms. The molecule has 1 aliphatic heterocycles. The number of thioether (sulfide) groups is 1. The topological polar surface area (TPSA) is 41.1 Å². The van der Waals surface area contributed by atoms with Crippen molar-refractivity contribution in [2.45, 2.75) is 26.4 Å². The van der Waals surface area contributed by atoms with Crippen LogP contribution in [0, 0.1) is 13.8 Å². The largest absolute Gasteiger partial charge is 0.351 e. The van der Waals surface area contributed by atoms with Crippen LogP contribution < -0.4 is 10.6 Å². The Morgan fingerprint density at radius 3 is 3.06 bits per heavy atom. The predicted octanol–water partition coefficient (Wildman–Crippen LogP) is 1.58. The second-order valence-corrected chi connectivity index (χ2v) is 5.45. The number of benzene rings is 1. The Bertz CT molecular complexity index is 414. The lowest BCUT2D eigenvalue weighted by Gasteiger charge is -2.12. The van der Waals surface area contributed by atoms with Crippen molar-refractivity contribution in [3.8, 4) is 0 Å². The van der Waals surface area contributed by atoms with E-state index in [1.54, 1.807) is 11.8 Å². The Kier molecular flexibility index (Phi) is 4.07. The molecule has 0 saturated carbocycles. The minimum absolute atomic E-state index is 0.0230. The highest BCUT2D eigenvalue weighted by atomic mass is 32.2. The number of rotatable bonds is 3. The van der Waals surface area contributed by atoms with E-state index in [0.717, 1.165) is 11.6 Å². The van der Waals surface area contributed by atoms with E-state index in [9.17, 15) is 4.79 Å². The monoisotopic (exact) mass is 250 g/mol. The van der Waals surface area contributed by atoms with E-state index in [-0.39, 0.29) is 11.9 Å². The highest BCUT2D eigenvalue weighted by Crippen LogP contribution is 2.12. The normalized spacial score (nSPS) is 19.3. The first-order valence-electron chi connectivity index (χ1n) is 5.82. The lowest BCUT2D eigenvalue weighted by Crippen LogP contribution is -2.41. The van der Waals surface area contributed by atoms with Crippen molar-refractivity contribution < 1.29 is 4.79 Å². The summed E-state index contributed by atoms with van der Waals surface area (Å²) in [5.41, 5.74) is 3.66. The summed E-state index contributed by atoms with van der Waals surface area (Å²) in [5.74, 6) is 1.86. The molecule has 3 nitrogen and oxygen atoms in total. The lowest BCUT2D eigenvalue weighted by molar-refractivity contribution is -0.122. The molecule has 2 N–H and O–H groups in total. The van der Waals surface area contributed by atoms with Crippen molar-refractivity contribution in [3.05, 3.63) is 34.9 Å². The zero-order chi connectivity index (χ0) is 12.3. The van der Waals surface area contributed by atoms with Gasteiger partial charge in [0.1, 0.15) is 0 Å². The molecule has 1 atom stereocenters. The summed E-state index contributed by atoms with van der Waals surface area (Å²) in [6.07, 6.45) is 0. The quantitative estimate of drug-likeness (QED) is 0.856. The van der Waals surface area contributed by atoms with Gasteiger partial charge in [0.05, 0.1) is 6.04 Å². The molecule has 0 bridgehead atoms. The number of carbonyl (C=O) groups is 1. The van der Waals surface area contributed by atoms with Gasteiger partial charge >= 0.3 is 0 Å². The van der Waals surface area contributed by atoms with E-state index in [0.29, 0.717) is 6.54 Å². The number of carbonyl (C=O) groups excluding carboxylic acids is 1. The number of aryl methyl sites for hydroxylation is 2. The van der Waals surface area contributed by atoms with Crippen LogP contribution in [0.3, 0.4) is 0 Å². The van der Waals surface area contributed by atoms with Crippen LogP contribution in [0.4, 0.5) is 0 Å². The number of hydrogen-bond donors (Lipinski definition) is 2. The van der Waals surface area contributed by atoms with Crippen LogP contribution in [0.5, 0.6) is 0 Å². The van der Waals surface area contributed by atoms with Gasteiger partial charge in [-0.1, -0.05) is 23.8 Å². The van der Waals surface area contributed by atoms with Crippen molar-refractivity contribution in [3.63, 3.8) is 0 Å².